The lowest BCUT2D eigenvalue weighted by Gasteiger charge is -2.27. The van der Waals surface area contributed by atoms with E-state index in [-0.39, 0.29) is 24.1 Å². The van der Waals surface area contributed by atoms with Crippen molar-refractivity contribution < 1.29 is 14.3 Å². The summed E-state index contributed by atoms with van der Waals surface area (Å²) in [6, 6.07) is 6.87. The number of ketones is 1. The van der Waals surface area contributed by atoms with Crippen LogP contribution in [0.2, 0.25) is 0 Å². The molecule has 0 radical (unpaired) electrons. The Morgan fingerprint density at radius 2 is 2.14 bits per heavy atom. The molecule has 2 N–H and O–H groups in total. The van der Waals surface area contributed by atoms with Crippen LogP contribution in [-0.2, 0) is 4.79 Å². The Balaban J connectivity index is 0.00000220. The molecule has 2 rings (SSSR count). The monoisotopic (exact) mass is 312 g/mol. The first kappa shape index (κ1) is 17.5. The predicted octanol–water partition coefficient (Wildman–Crippen LogP) is 1.41. The summed E-state index contributed by atoms with van der Waals surface area (Å²) in [5.74, 6) is 0.896. The van der Waals surface area contributed by atoms with Crippen molar-refractivity contribution in [3.05, 3.63) is 29.8 Å². The number of benzene rings is 1. The largest absolute Gasteiger partial charge is 0.481 e. The SMILES string of the molecule is CC(=O)c1cccc(OC(C)C(=O)NCC2CNC2)c1.Cl. The highest BCUT2D eigenvalue weighted by atomic mass is 35.5. The molecule has 1 amide bonds. The number of nitrogens with one attached hydrogen (secondary N) is 2. The van der Waals surface area contributed by atoms with E-state index in [1.807, 2.05) is 0 Å². The highest BCUT2D eigenvalue weighted by Crippen LogP contribution is 2.15. The van der Waals surface area contributed by atoms with E-state index in [0.717, 1.165) is 13.1 Å². The minimum atomic E-state index is -0.578. The Kier molecular flexibility index (Phi) is 6.65. The summed E-state index contributed by atoms with van der Waals surface area (Å²) in [6.45, 7) is 5.79. The van der Waals surface area contributed by atoms with E-state index in [1.165, 1.54) is 6.92 Å². The number of halogens is 1. The molecule has 1 aromatic rings. The van der Waals surface area contributed by atoms with Gasteiger partial charge in [-0.3, -0.25) is 9.59 Å². The van der Waals surface area contributed by atoms with Crippen LogP contribution in [0.4, 0.5) is 0 Å². The lowest BCUT2D eigenvalue weighted by Crippen LogP contribution is -2.49. The van der Waals surface area contributed by atoms with Gasteiger partial charge in [0.05, 0.1) is 0 Å². The standard InChI is InChI=1S/C15H20N2O3.ClH/c1-10(18)13-4-3-5-14(6-13)20-11(2)15(19)17-9-12-7-16-8-12;/h3-6,11-12,16H,7-9H2,1-2H3,(H,17,19);1H. The van der Waals surface area contributed by atoms with Crippen molar-refractivity contribution in [2.75, 3.05) is 19.6 Å². The number of ether oxygens (including phenoxy) is 1. The van der Waals surface area contributed by atoms with Crippen LogP contribution in [0.5, 0.6) is 5.75 Å². The third kappa shape index (κ3) is 5.02. The minimum absolute atomic E-state index is 0. The fourth-order valence-electron chi connectivity index (χ4n) is 1.93. The Morgan fingerprint density at radius 1 is 1.43 bits per heavy atom. The normalized spacial score (nSPS) is 15.3. The second-order valence-electron chi connectivity index (χ2n) is 5.11. The van der Waals surface area contributed by atoms with Crippen molar-refractivity contribution >= 4 is 24.1 Å². The van der Waals surface area contributed by atoms with Crippen LogP contribution in [-0.4, -0.2) is 37.4 Å². The van der Waals surface area contributed by atoms with Gasteiger partial charge in [-0.25, -0.2) is 0 Å². The molecule has 1 heterocycles. The molecule has 0 saturated carbocycles. The van der Waals surface area contributed by atoms with Gasteiger partial charge >= 0.3 is 0 Å². The summed E-state index contributed by atoms with van der Waals surface area (Å²) in [6.07, 6.45) is -0.578. The number of rotatable bonds is 6. The Hall–Kier alpha value is -1.59. The van der Waals surface area contributed by atoms with Crippen LogP contribution in [0.15, 0.2) is 24.3 Å². The zero-order chi connectivity index (χ0) is 14.5. The van der Waals surface area contributed by atoms with E-state index in [9.17, 15) is 9.59 Å². The fraction of sp³-hybridized carbons (Fsp3) is 0.467. The number of amides is 1. The number of hydrogen-bond donors (Lipinski definition) is 2. The van der Waals surface area contributed by atoms with Crippen LogP contribution in [0.1, 0.15) is 24.2 Å². The fourth-order valence-corrected chi connectivity index (χ4v) is 1.93. The molecule has 1 saturated heterocycles. The van der Waals surface area contributed by atoms with Crippen molar-refractivity contribution in [1.82, 2.24) is 10.6 Å². The average molecular weight is 313 g/mol. The maximum atomic E-state index is 11.9. The van der Waals surface area contributed by atoms with Crippen molar-refractivity contribution in [3.63, 3.8) is 0 Å². The maximum Gasteiger partial charge on any atom is 0.260 e. The molecular formula is C15H21ClN2O3. The summed E-state index contributed by atoms with van der Waals surface area (Å²) in [5.41, 5.74) is 0.579. The zero-order valence-electron chi connectivity index (χ0n) is 12.2. The lowest BCUT2D eigenvalue weighted by molar-refractivity contribution is -0.127. The van der Waals surface area contributed by atoms with Crippen molar-refractivity contribution in [1.29, 1.82) is 0 Å². The summed E-state index contributed by atoms with van der Waals surface area (Å²) in [4.78, 5) is 23.2. The number of carbonyl (C=O) groups is 2. The third-order valence-corrected chi connectivity index (χ3v) is 3.35. The van der Waals surface area contributed by atoms with Gasteiger partial charge in [0, 0.05) is 31.1 Å². The molecule has 21 heavy (non-hydrogen) atoms. The summed E-state index contributed by atoms with van der Waals surface area (Å²) < 4.78 is 5.57. The van der Waals surface area contributed by atoms with Crippen LogP contribution >= 0.6 is 12.4 Å². The van der Waals surface area contributed by atoms with Gasteiger partial charge in [-0.1, -0.05) is 12.1 Å². The van der Waals surface area contributed by atoms with Gasteiger partial charge in [0.1, 0.15) is 5.75 Å². The van der Waals surface area contributed by atoms with E-state index in [0.29, 0.717) is 23.8 Å². The molecule has 1 aliphatic heterocycles. The average Bonchev–Trinajstić information content (AvgIpc) is 2.37. The Bertz CT molecular complexity index is 503. The molecular weight excluding hydrogens is 292 g/mol. The van der Waals surface area contributed by atoms with Gasteiger partial charge in [0.2, 0.25) is 0 Å². The summed E-state index contributed by atoms with van der Waals surface area (Å²) >= 11 is 0. The maximum absolute atomic E-state index is 11.9. The highest BCUT2D eigenvalue weighted by molar-refractivity contribution is 5.94. The van der Waals surface area contributed by atoms with E-state index in [1.54, 1.807) is 31.2 Å². The first-order valence-electron chi connectivity index (χ1n) is 6.82. The van der Waals surface area contributed by atoms with Gasteiger partial charge in [-0.2, -0.15) is 0 Å². The zero-order valence-corrected chi connectivity index (χ0v) is 13.0. The van der Waals surface area contributed by atoms with Crippen molar-refractivity contribution in [2.24, 2.45) is 5.92 Å². The Morgan fingerprint density at radius 3 is 2.71 bits per heavy atom. The predicted molar refractivity (Wildman–Crippen MR) is 83.2 cm³/mol. The molecule has 0 aliphatic carbocycles. The van der Waals surface area contributed by atoms with Crippen molar-refractivity contribution in [2.45, 2.75) is 20.0 Å². The molecule has 0 aromatic heterocycles. The molecule has 5 nitrogen and oxygen atoms in total. The molecule has 1 fully saturated rings. The molecule has 6 heteroatoms. The lowest BCUT2D eigenvalue weighted by atomic mass is 10.0. The first-order chi connectivity index (χ1) is 9.56. The van der Waals surface area contributed by atoms with Crippen LogP contribution < -0.4 is 15.4 Å². The van der Waals surface area contributed by atoms with Gasteiger partial charge in [-0.05, 0) is 26.0 Å². The number of hydrogen-bond acceptors (Lipinski definition) is 4. The van der Waals surface area contributed by atoms with Crippen LogP contribution in [0.3, 0.4) is 0 Å². The third-order valence-electron chi connectivity index (χ3n) is 3.35. The highest BCUT2D eigenvalue weighted by Gasteiger charge is 2.20. The molecule has 1 aromatic carbocycles. The minimum Gasteiger partial charge on any atom is -0.481 e. The van der Waals surface area contributed by atoms with Crippen LogP contribution in [0, 0.1) is 5.92 Å². The van der Waals surface area contributed by atoms with E-state index < -0.39 is 6.10 Å². The summed E-state index contributed by atoms with van der Waals surface area (Å²) in [7, 11) is 0. The second kappa shape index (κ2) is 8.00. The summed E-state index contributed by atoms with van der Waals surface area (Å²) in [5, 5.41) is 6.03. The van der Waals surface area contributed by atoms with Crippen molar-refractivity contribution in [3.8, 4) is 5.75 Å². The number of carbonyl (C=O) groups excluding carboxylic acids is 2. The second-order valence-corrected chi connectivity index (χ2v) is 5.11. The molecule has 0 spiro atoms. The molecule has 0 bridgehead atoms. The van der Waals surface area contributed by atoms with Gasteiger partial charge in [0.25, 0.3) is 5.91 Å². The van der Waals surface area contributed by atoms with E-state index in [2.05, 4.69) is 10.6 Å². The van der Waals surface area contributed by atoms with Crippen LogP contribution in [0.25, 0.3) is 0 Å². The quantitative estimate of drug-likeness (QED) is 0.780. The van der Waals surface area contributed by atoms with Gasteiger partial charge < -0.3 is 15.4 Å². The van der Waals surface area contributed by atoms with E-state index in [4.69, 9.17) is 4.74 Å². The smallest absolute Gasteiger partial charge is 0.260 e. The molecule has 1 aliphatic rings. The first-order valence-corrected chi connectivity index (χ1v) is 6.82. The Labute approximate surface area is 130 Å². The van der Waals surface area contributed by atoms with Gasteiger partial charge in [0.15, 0.2) is 11.9 Å². The molecule has 1 unspecified atom stereocenters. The topological polar surface area (TPSA) is 67.4 Å². The molecule has 1 atom stereocenters. The van der Waals surface area contributed by atoms with E-state index >= 15 is 0 Å². The van der Waals surface area contributed by atoms with Gasteiger partial charge in [-0.15, -0.1) is 12.4 Å². The number of Topliss-reactive ketones (excluding diaryl/α,β-unsaturated/α-hetero) is 1. The molecule has 116 valence electrons.